The molecule has 1 aromatic carbocycles. The van der Waals surface area contributed by atoms with Crippen molar-refractivity contribution in [3.63, 3.8) is 0 Å². The Bertz CT molecular complexity index is 367. The molecular weight excluding hydrogens is 196 g/mol. The van der Waals surface area contributed by atoms with E-state index < -0.39 is 17.9 Å². The highest BCUT2D eigenvalue weighted by Gasteiger charge is 2.13. The van der Waals surface area contributed by atoms with Gasteiger partial charge in [-0.15, -0.1) is 0 Å². The predicted molar refractivity (Wildman–Crippen MR) is 53.8 cm³/mol. The summed E-state index contributed by atoms with van der Waals surface area (Å²) in [7, 11) is 0. The number of benzene rings is 1. The van der Waals surface area contributed by atoms with Gasteiger partial charge in [-0.25, -0.2) is 0 Å². The van der Waals surface area contributed by atoms with E-state index in [4.69, 9.17) is 9.84 Å². The Morgan fingerprint density at radius 2 is 1.80 bits per heavy atom. The fourth-order valence-corrected chi connectivity index (χ4v) is 1.13. The second-order valence-electron chi connectivity index (χ2n) is 3.22. The van der Waals surface area contributed by atoms with Gasteiger partial charge in [-0.3, -0.25) is 9.59 Å². The molecule has 0 bridgehead atoms. The number of hydrogen-bond donors (Lipinski definition) is 1. The van der Waals surface area contributed by atoms with Crippen LogP contribution >= 0.6 is 0 Å². The van der Waals surface area contributed by atoms with Crippen LogP contribution in [0.3, 0.4) is 0 Å². The van der Waals surface area contributed by atoms with E-state index in [0.717, 1.165) is 0 Å². The molecule has 4 nitrogen and oxygen atoms in total. The lowest BCUT2D eigenvalue weighted by molar-refractivity contribution is -0.138. The number of carboxylic acids is 1. The molecule has 1 rings (SSSR count). The minimum atomic E-state index is -0.879. The van der Waals surface area contributed by atoms with Gasteiger partial charge in [0.1, 0.15) is 5.75 Å². The van der Waals surface area contributed by atoms with Crippen LogP contribution in [0.1, 0.15) is 25.3 Å². The lowest BCUT2D eigenvalue weighted by Crippen LogP contribution is -2.07. The zero-order chi connectivity index (χ0) is 11.4. The fraction of sp³-hybridized carbons (Fsp3) is 0.273. The van der Waals surface area contributed by atoms with Gasteiger partial charge in [-0.1, -0.05) is 12.1 Å². The summed E-state index contributed by atoms with van der Waals surface area (Å²) in [6.45, 7) is 2.91. The van der Waals surface area contributed by atoms with E-state index in [0.29, 0.717) is 11.3 Å². The average Bonchev–Trinajstić information content (AvgIpc) is 2.17. The highest BCUT2D eigenvalue weighted by molar-refractivity contribution is 5.75. The van der Waals surface area contributed by atoms with Crippen LogP contribution in [0.2, 0.25) is 0 Å². The van der Waals surface area contributed by atoms with Crippen LogP contribution < -0.4 is 4.74 Å². The molecule has 0 fully saturated rings. The third-order valence-electron chi connectivity index (χ3n) is 2.01. The van der Waals surface area contributed by atoms with Crippen LogP contribution in [0, 0.1) is 0 Å². The van der Waals surface area contributed by atoms with E-state index in [2.05, 4.69) is 0 Å². The maximum absolute atomic E-state index is 10.7. The average molecular weight is 208 g/mol. The van der Waals surface area contributed by atoms with Gasteiger partial charge in [0, 0.05) is 6.92 Å². The monoisotopic (exact) mass is 208 g/mol. The van der Waals surface area contributed by atoms with Gasteiger partial charge in [0.25, 0.3) is 0 Å². The van der Waals surface area contributed by atoms with Crippen molar-refractivity contribution in [2.24, 2.45) is 0 Å². The molecular formula is C11H12O4. The molecule has 0 aliphatic carbocycles. The van der Waals surface area contributed by atoms with Crippen molar-refractivity contribution in [1.29, 1.82) is 0 Å². The molecule has 1 atom stereocenters. The van der Waals surface area contributed by atoms with Crippen molar-refractivity contribution >= 4 is 11.9 Å². The summed E-state index contributed by atoms with van der Waals surface area (Å²) in [4.78, 5) is 21.3. The van der Waals surface area contributed by atoms with Crippen molar-refractivity contribution in [1.82, 2.24) is 0 Å². The second kappa shape index (κ2) is 4.59. The van der Waals surface area contributed by atoms with Gasteiger partial charge >= 0.3 is 11.9 Å². The van der Waals surface area contributed by atoms with Crippen molar-refractivity contribution in [3.05, 3.63) is 29.8 Å². The number of rotatable bonds is 3. The Balaban J connectivity index is 2.80. The molecule has 0 amide bonds. The van der Waals surface area contributed by atoms with Crippen molar-refractivity contribution in [2.75, 3.05) is 0 Å². The summed E-state index contributed by atoms with van der Waals surface area (Å²) in [5.74, 6) is -1.41. The zero-order valence-electron chi connectivity index (χ0n) is 8.56. The van der Waals surface area contributed by atoms with Crippen LogP contribution in [0.15, 0.2) is 24.3 Å². The maximum Gasteiger partial charge on any atom is 0.310 e. The number of esters is 1. The van der Waals surface area contributed by atoms with E-state index in [9.17, 15) is 9.59 Å². The van der Waals surface area contributed by atoms with Crippen molar-refractivity contribution < 1.29 is 19.4 Å². The summed E-state index contributed by atoms with van der Waals surface area (Å²) in [6.07, 6.45) is 0. The van der Waals surface area contributed by atoms with Gasteiger partial charge in [0.2, 0.25) is 0 Å². The normalized spacial score (nSPS) is 11.9. The highest BCUT2D eigenvalue weighted by Crippen LogP contribution is 2.19. The lowest BCUT2D eigenvalue weighted by atomic mass is 10.0. The molecule has 4 heteroatoms. The number of carbonyl (C=O) groups excluding carboxylic acids is 1. The maximum atomic E-state index is 10.7. The van der Waals surface area contributed by atoms with Crippen LogP contribution in [-0.2, 0) is 9.59 Å². The molecule has 0 aromatic heterocycles. The van der Waals surface area contributed by atoms with Gasteiger partial charge in [0.15, 0.2) is 0 Å². The SMILES string of the molecule is CC(=O)Oc1ccc(C(C)C(=O)O)cc1. The van der Waals surface area contributed by atoms with Gasteiger partial charge in [0.05, 0.1) is 5.92 Å². The van der Waals surface area contributed by atoms with E-state index in [1.54, 1.807) is 31.2 Å². The summed E-state index contributed by atoms with van der Waals surface area (Å²) in [5, 5.41) is 8.76. The predicted octanol–water partition coefficient (Wildman–Crippen LogP) is 1.80. The number of carboxylic acid groups (broad SMARTS) is 1. The summed E-state index contributed by atoms with van der Waals surface area (Å²) >= 11 is 0. The molecule has 0 radical (unpaired) electrons. The Kier molecular flexibility index (Phi) is 3.44. The van der Waals surface area contributed by atoms with Gasteiger partial charge in [-0.05, 0) is 24.6 Å². The van der Waals surface area contributed by atoms with E-state index >= 15 is 0 Å². The van der Waals surface area contributed by atoms with E-state index in [1.165, 1.54) is 6.92 Å². The molecule has 15 heavy (non-hydrogen) atoms. The van der Waals surface area contributed by atoms with E-state index in [-0.39, 0.29) is 0 Å². The first kappa shape index (κ1) is 11.2. The third kappa shape index (κ3) is 3.09. The minimum absolute atomic E-state index is 0.394. The summed E-state index contributed by atoms with van der Waals surface area (Å²) in [6, 6.07) is 6.43. The standard InChI is InChI=1S/C11H12O4/c1-7(11(13)14)9-3-5-10(6-4-9)15-8(2)12/h3-7H,1-2H3,(H,13,14). The van der Waals surface area contributed by atoms with Crippen LogP contribution in [0.4, 0.5) is 0 Å². The van der Waals surface area contributed by atoms with Gasteiger partial charge in [-0.2, -0.15) is 0 Å². The summed E-state index contributed by atoms with van der Waals surface area (Å²) < 4.78 is 4.82. The Hall–Kier alpha value is -1.84. The minimum Gasteiger partial charge on any atom is -0.481 e. The smallest absolute Gasteiger partial charge is 0.310 e. The number of hydrogen-bond acceptors (Lipinski definition) is 3. The quantitative estimate of drug-likeness (QED) is 0.607. The first-order valence-corrected chi connectivity index (χ1v) is 4.52. The molecule has 0 aliphatic heterocycles. The Labute approximate surface area is 87.5 Å². The molecule has 1 N–H and O–H groups in total. The molecule has 0 saturated heterocycles. The van der Waals surface area contributed by atoms with Crippen molar-refractivity contribution in [3.8, 4) is 5.75 Å². The van der Waals surface area contributed by atoms with Crippen LogP contribution in [0.25, 0.3) is 0 Å². The molecule has 0 spiro atoms. The molecule has 80 valence electrons. The highest BCUT2D eigenvalue weighted by atomic mass is 16.5. The number of ether oxygens (including phenoxy) is 1. The zero-order valence-corrected chi connectivity index (χ0v) is 8.56. The lowest BCUT2D eigenvalue weighted by Gasteiger charge is -2.07. The largest absolute Gasteiger partial charge is 0.481 e. The number of aliphatic carboxylic acids is 1. The van der Waals surface area contributed by atoms with Gasteiger partial charge < -0.3 is 9.84 Å². The molecule has 1 aromatic rings. The number of carbonyl (C=O) groups is 2. The van der Waals surface area contributed by atoms with Crippen LogP contribution in [0.5, 0.6) is 5.75 Å². The molecule has 0 heterocycles. The fourth-order valence-electron chi connectivity index (χ4n) is 1.13. The van der Waals surface area contributed by atoms with Crippen molar-refractivity contribution in [2.45, 2.75) is 19.8 Å². The van der Waals surface area contributed by atoms with Crippen LogP contribution in [-0.4, -0.2) is 17.0 Å². The molecule has 1 unspecified atom stereocenters. The Morgan fingerprint density at radius 3 is 2.20 bits per heavy atom. The Morgan fingerprint density at radius 1 is 1.27 bits per heavy atom. The molecule has 0 saturated carbocycles. The first-order valence-electron chi connectivity index (χ1n) is 4.52. The summed E-state index contributed by atoms with van der Waals surface area (Å²) in [5.41, 5.74) is 0.679. The topological polar surface area (TPSA) is 63.6 Å². The first-order chi connectivity index (χ1) is 7.00. The van der Waals surface area contributed by atoms with E-state index in [1.807, 2.05) is 0 Å². The molecule has 0 aliphatic rings. The third-order valence-corrected chi connectivity index (χ3v) is 2.01. The second-order valence-corrected chi connectivity index (χ2v) is 3.22.